The quantitative estimate of drug-likeness (QED) is 0.369. The lowest BCUT2D eigenvalue weighted by atomic mass is 9.94. The van der Waals surface area contributed by atoms with Crippen molar-refractivity contribution in [1.29, 1.82) is 0 Å². The van der Waals surface area contributed by atoms with Crippen molar-refractivity contribution >= 4 is 17.5 Å². The summed E-state index contributed by atoms with van der Waals surface area (Å²) in [5.74, 6) is 1.40. The molecule has 0 fully saturated rings. The number of tetrazole rings is 1. The fraction of sp³-hybridized carbons (Fsp3) is 0.214. The highest BCUT2D eigenvalue weighted by molar-refractivity contribution is 6.06. The Kier molecular flexibility index (Phi) is 6.85. The summed E-state index contributed by atoms with van der Waals surface area (Å²) >= 11 is 0. The van der Waals surface area contributed by atoms with E-state index < -0.39 is 6.04 Å². The molecule has 9 heteroatoms. The molecule has 2 heterocycles. The molecule has 1 aliphatic rings. The number of fused-ring (bicyclic) bond motifs is 1. The summed E-state index contributed by atoms with van der Waals surface area (Å²) in [6.45, 7) is 4.35. The van der Waals surface area contributed by atoms with Crippen molar-refractivity contribution in [3.8, 4) is 11.5 Å². The molecule has 1 aromatic heterocycles. The Balaban J connectivity index is 1.43. The van der Waals surface area contributed by atoms with Crippen molar-refractivity contribution in [3.05, 3.63) is 101 Å². The average molecular weight is 497 g/mol. The van der Waals surface area contributed by atoms with E-state index in [9.17, 15) is 4.79 Å². The molecule has 1 unspecified atom stereocenters. The van der Waals surface area contributed by atoms with Crippen molar-refractivity contribution < 1.29 is 14.3 Å². The van der Waals surface area contributed by atoms with E-state index in [-0.39, 0.29) is 5.91 Å². The predicted molar refractivity (Wildman–Crippen MR) is 141 cm³/mol. The van der Waals surface area contributed by atoms with Crippen LogP contribution in [-0.2, 0) is 11.2 Å². The van der Waals surface area contributed by atoms with Gasteiger partial charge in [-0.15, -0.1) is 0 Å². The Labute approximate surface area is 215 Å². The molecule has 1 amide bonds. The SMILES string of the molecule is COc1cc(C2C(C(=O)Nc3ccc(C)cc3)=C(C)Nc3nnnn32)ccc1OCCc1ccccc1. The van der Waals surface area contributed by atoms with E-state index in [0.29, 0.717) is 41.0 Å². The number of anilines is 2. The van der Waals surface area contributed by atoms with E-state index in [0.717, 1.165) is 17.5 Å². The van der Waals surface area contributed by atoms with Crippen LogP contribution in [0, 0.1) is 6.92 Å². The third kappa shape index (κ3) is 5.16. The number of nitrogens with zero attached hydrogens (tertiary/aromatic N) is 4. The molecule has 0 saturated carbocycles. The minimum absolute atomic E-state index is 0.248. The third-order valence-electron chi connectivity index (χ3n) is 6.26. The van der Waals surface area contributed by atoms with Crippen LogP contribution in [0.5, 0.6) is 11.5 Å². The lowest BCUT2D eigenvalue weighted by Crippen LogP contribution is -2.31. The number of amides is 1. The largest absolute Gasteiger partial charge is 0.493 e. The number of hydrogen-bond acceptors (Lipinski definition) is 7. The first-order valence-electron chi connectivity index (χ1n) is 12.0. The molecule has 0 bridgehead atoms. The number of carbonyl (C=O) groups excluding carboxylic acids is 1. The zero-order chi connectivity index (χ0) is 25.8. The Hall–Kier alpha value is -4.66. The summed E-state index contributed by atoms with van der Waals surface area (Å²) < 4.78 is 13.3. The summed E-state index contributed by atoms with van der Waals surface area (Å²) in [7, 11) is 1.60. The standard InChI is InChI=1S/C28H28N6O3/c1-18-9-12-22(13-10-18)30-27(35)25-19(2)29-28-31-32-33-34(28)26(25)21-11-14-23(24(17-21)36-3)37-16-15-20-7-5-4-6-8-20/h4-14,17,26H,15-16H2,1-3H3,(H,30,35)(H,29,31,33). The molecule has 0 saturated heterocycles. The van der Waals surface area contributed by atoms with Gasteiger partial charge in [0.15, 0.2) is 11.5 Å². The molecule has 5 rings (SSSR count). The molecular weight excluding hydrogens is 468 g/mol. The van der Waals surface area contributed by atoms with E-state index >= 15 is 0 Å². The Morgan fingerprint density at radius 2 is 1.81 bits per heavy atom. The normalized spacial score (nSPS) is 14.5. The van der Waals surface area contributed by atoms with Gasteiger partial charge in [0, 0.05) is 17.8 Å². The number of methoxy groups -OCH3 is 1. The number of nitrogens with one attached hydrogen (secondary N) is 2. The van der Waals surface area contributed by atoms with Crippen LogP contribution in [-0.4, -0.2) is 39.8 Å². The van der Waals surface area contributed by atoms with Gasteiger partial charge in [-0.2, -0.15) is 4.68 Å². The topological polar surface area (TPSA) is 103 Å². The summed E-state index contributed by atoms with van der Waals surface area (Å²) in [5.41, 5.74) is 4.97. The van der Waals surface area contributed by atoms with Gasteiger partial charge in [0.05, 0.1) is 19.3 Å². The molecule has 1 aliphatic heterocycles. The van der Waals surface area contributed by atoms with Gasteiger partial charge in [-0.05, 0) is 59.7 Å². The maximum absolute atomic E-state index is 13.5. The number of carbonyl (C=O) groups is 1. The minimum Gasteiger partial charge on any atom is -0.493 e. The van der Waals surface area contributed by atoms with Gasteiger partial charge in [-0.1, -0.05) is 59.2 Å². The summed E-state index contributed by atoms with van der Waals surface area (Å²) in [4.78, 5) is 13.5. The van der Waals surface area contributed by atoms with Crippen LogP contribution in [0.2, 0.25) is 0 Å². The summed E-state index contributed by atoms with van der Waals surface area (Å²) in [6, 6.07) is 22.9. The zero-order valence-electron chi connectivity index (χ0n) is 20.9. The molecule has 0 aliphatic carbocycles. The number of hydrogen-bond donors (Lipinski definition) is 2. The van der Waals surface area contributed by atoms with Crippen LogP contribution >= 0.6 is 0 Å². The van der Waals surface area contributed by atoms with Crippen LogP contribution in [0.1, 0.15) is 29.7 Å². The van der Waals surface area contributed by atoms with Gasteiger partial charge in [0.25, 0.3) is 5.91 Å². The molecule has 1 atom stereocenters. The number of aromatic nitrogens is 4. The zero-order valence-corrected chi connectivity index (χ0v) is 20.9. The number of rotatable bonds is 8. The van der Waals surface area contributed by atoms with Crippen LogP contribution in [0.15, 0.2) is 84.1 Å². The van der Waals surface area contributed by atoms with Gasteiger partial charge in [0.2, 0.25) is 5.95 Å². The first-order chi connectivity index (χ1) is 18.0. The van der Waals surface area contributed by atoms with Crippen LogP contribution < -0.4 is 20.1 Å². The van der Waals surface area contributed by atoms with Crippen molar-refractivity contribution in [2.45, 2.75) is 26.3 Å². The average Bonchev–Trinajstić information content (AvgIpc) is 3.38. The van der Waals surface area contributed by atoms with Crippen molar-refractivity contribution in [2.75, 3.05) is 24.4 Å². The second-order valence-corrected chi connectivity index (χ2v) is 8.83. The monoisotopic (exact) mass is 496 g/mol. The Bertz CT molecular complexity index is 1430. The summed E-state index contributed by atoms with van der Waals surface area (Å²) in [6.07, 6.45) is 0.777. The van der Waals surface area contributed by atoms with Crippen LogP contribution in [0.4, 0.5) is 11.6 Å². The van der Waals surface area contributed by atoms with Gasteiger partial charge in [-0.3, -0.25) is 4.79 Å². The molecule has 3 aromatic carbocycles. The van der Waals surface area contributed by atoms with Gasteiger partial charge < -0.3 is 20.1 Å². The van der Waals surface area contributed by atoms with Crippen molar-refractivity contribution in [1.82, 2.24) is 20.2 Å². The molecule has 2 N–H and O–H groups in total. The van der Waals surface area contributed by atoms with E-state index in [1.807, 2.05) is 74.5 Å². The molecule has 0 spiro atoms. The lowest BCUT2D eigenvalue weighted by molar-refractivity contribution is -0.113. The van der Waals surface area contributed by atoms with Crippen LogP contribution in [0.3, 0.4) is 0 Å². The Morgan fingerprint density at radius 1 is 1.03 bits per heavy atom. The number of allylic oxidation sites excluding steroid dienone is 1. The number of aryl methyl sites for hydroxylation is 1. The van der Waals surface area contributed by atoms with E-state index in [4.69, 9.17) is 9.47 Å². The van der Waals surface area contributed by atoms with Crippen molar-refractivity contribution in [3.63, 3.8) is 0 Å². The highest BCUT2D eigenvalue weighted by Crippen LogP contribution is 2.38. The third-order valence-corrected chi connectivity index (χ3v) is 6.26. The van der Waals surface area contributed by atoms with Gasteiger partial charge >= 0.3 is 0 Å². The first kappa shape index (κ1) is 24.1. The molecular formula is C28H28N6O3. The second-order valence-electron chi connectivity index (χ2n) is 8.83. The fourth-order valence-electron chi connectivity index (χ4n) is 4.35. The van der Waals surface area contributed by atoms with Gasteiger partial charge in [0.1, 0.15) is 6.04 Å². The van der Waals surface area contributed by atoms with E-state index in [1.54, 1.807) is 11.8 Å². The molecule has 4 aromatic rings. The highest BCUT2D eigenvalue weighted by Gasteiger charge is 2.34. The number of ether oxygens (including phenoxy) is 2. The molecule has 188 valence electrons. The Morgan fingerprint density at radius 3 is 2.57 bits per heavy atom. The first-order valence-corrected chi connectivity index (χ1v) is 12.0. The molecule has 9 nitrogen and oxygen atoms in total. The van der Waals surface area contributed by atoms with E-state index in [1.165, 1.54) is 5.56 Å². The molecule has 37 heavy (non-hydrogen) atoms. The van der Waals surface area contributed by atoms with Crippen LogP contribution in [0.25, 0.3) is 0 Å². The highest BCUT2D eigenvalue weighted by atomic mass is 16.5. The minimum atomic E-state index is -0.566. The second kappa shape index (κ2) is 10.5. The lowest BCUT2D eigenvalue weighted by Gasteiger charge is -2.28. The van der Waals surface area contributed by atoms with Gasteiger partial charge in [-0.25, -0.2) is 0 Å². The number of benzene rings is 3. The molecule has 0 radical (unpaired) electrons. The van der Waals surface area contributed by atoms with Crippen molar-refractivity contribution in [2.24, 2.45) is 0 Å². The predicted octanol–water partition coefficient (Wildman–Crippen LogP) is 4.54. The maximum atomic E-state index is 13.5. The van der Waals surface area contributed by atoms with E-state index in [2.05, 4.69) is 38.3 Å². The summed E-state index contributed by atoms with van der Waals surface area (Å²) in [5, 5.41) is 18.2. The maximum Gasteiger partial charge on any atom is 0.255 e. The smallest absolute Gasteiger partial charge is 0.255 e. The fourth-order valence-corrected chi connectivity index (χ4v) is 4.35.